The molecule has 21 heavy (non-hydrogen) atoms. The van der Waals surface area contributed by atoms with Gasteiger partial charge in [0.1, 0.15) is 5.82 Å². The van der Waals surface area contributed by atoms with Crippen molar-refractivity contribution < 1.29 is 8.42 Å². The minimum absolute atomic E-state index is 0.130. The third kappa shape index (κ3) is 2.84. The first-order valence-electron chi connectivity index (χ1n) is 7.55. The summed E-state index contributed by atoms with van der Waals surface area (Å²) in [6, 6.07) is 0. The van der Waals surface area contributed by atoms with E-state index in [2.05, 4.69) is 10.2 Å². The predicted molar refractivity (Wildman–Crippen MR) is 80.7 cm³/mol. The molecule has 1 heterocycles. The highest BCUT2D eigenvalue weighted by atomic mass is 35.7. The molecule has 2 bridgehead atoms. The second kappa shape index (κ2) is 4.95. The monoisotopic (exact) mass is 331 g/mol. The van der Waals surface area contributed by atoms with Crippen molar-refractivity contribution in [1.82, 2.24) is 14.8 Å². The van der Waals surface area contributed by atoms with Gasteiger partial charge in [0.15, 0.2) is 0 Å². The Balaban J connectivity index is 1.94. The van der Waals surface area contributed by atoms with Crippen molar-refractivity contribution in [2.45, 2.75) is 63.6 Å². The van der Waals surface area contributed by atoms with Crippen LogP contribution in [-0.2, 0) is 21.0 Å². The average molecular weight is 332 g/mol. The van der Waals surface area contributed by atoms with Crippen molar-refractivity contribution in [1.29, 1.82) is 0 Å². The molecule has 0 saturated heterocycles. The fourth-order valence-electron chi connectivity index (χ4n) is 4.13. The maximum absolute atomic E-state index is 11.7. The van der Waals surface area contributed by atoms with Crippen molar-refractivity contribution in [2.75, 3.05) is 0 Å². The third-order valence-electron chi connectivity index (χ3n) is 4.92. The molecule has 7 heteroatoms. The van der Waals surface area contributed by atoms with E-state index in [0.29, 0.717) is 5.92 Å². The Kier molecular flexibility index (Phi) is 3.60. The Hall–Kier alpha value is -0.620. The lowest BCUT2D eigenvalue weighted by Crippen LogP contribution is -2.28. The van der Waals surface area contributed by atoms with Crippen LogP contribution in [0.1, 0.15) is 52.3 Å². The summed E-state index contributed by atoms with van der Waals surface area (Å²) in [6.45, 7) is 5.85. The number of nitrogens with zero attached hydrogens (tertiary/aromatic N) is 3. The molecule has 1 aromatic rings. The largest absolute Gasteiger partial charge is 0.296 e. The van der Waals surface area contributed by atoms with E-state index in [0.717, 1.165) is 24.1 Å². The molecule has 2 aliphatic rings. The van der Waals surface area contributed by atoms with Gasteiger partial charge in [0.05, 0.1) is 0 Å². The summed E-state index contributed by atoms with van der Waals surface area (Å²) in [5, 5.41) is 7.87. The first kappa shape index (κ1) is 15.3. The van der Waals surface area contributed by atoms with Crippen LogP contribution in [0.5, 0.6) is 0 Å². The molecule has 0 radical (unpaired) electrons. The van der Waals surface area contributed by atoms with Gasteiger partial charge in [0.2, 0.25) is 0 Å². The lowest BCUT2D eigenvalue weighted by molar-refractivity contribution is 0.300. The van der Waals surface area contributed by atoms with Gasteiger partial charge in [0, 0.05) is 22.6 Å². The zero-order valence-electron chi connectivity index (χ0n) is 12.7. The fraction of sp³-hybridized carbons (Fsp3) is 0.857. The lowest BCUT2D eigenvalue weighted by atomic mass is 9.86. The van der Waals surface area contributed by atoms with Crippen molar-refractivity contribution in [3.05, 3.63) is 5.82 Å². The van der Waals surface area contributed by atoms with Gasteiger partial charge in [-0.25, -0.2) is 8.42 Å². The number of hydrogen-bond donors (Lipinski definition) is 0. The molecule has 0 amide bonds. The predicted octanol–water partition coefficient (Wildman–Crippen LogP) is 2.94. The topological polar surface area (TPSA) is 64.8 Å². The molecule has 0 aliphatic heterocycles. The molecule has 3 unspecified atom stereocenters. The summed E-state index contributed by atoms with van der Waals surface area (Å²) in [5.41, 5.74) is -0.409. The SMILES string of the molecule is CC(C)(C)n1c(CC2CC3CCC2C3)nnc1S(=O)(=O)Cl. The van der Waals surface area contributed by atoms with Crippen molar-refractivity contribution >= 4 is 19.7 Å². The van der Waals surface area contributed by atoms with Crippen molar-refractivity contribution in [2.24, 2.45) is 17.8 Å². The molecule has 3 atom stereocenters. The van der Waals surface area contributed by atoms with Gasteiger partial charge in [0.25, 0.3) is 14.2 Å². The normalized spacial score (nSPS) is 29.2. The van der Waals surface area contributed by atoms with E-state index in [-0.39, 0.29) is 5.16 Å². The highest BCUT2D eigenvalue weighted by Gasteiger charge is 2.41. The highest BCUT2D eigenvalue weighted by molar-refractivity contribution is 8.13. The summed E-state index contributed by atoms with van der Waals surface area (Å²) in [6.07, 6.45) is 6.03. The molecule has 3 rings (SSSR count). The van der Waals surface area contributed by atoms with Gasteiger partial charge in [-0.2, -0.15) is 0 Å². The number of fused-ring (bicyclic) bond motifs is 2. The summed E-state index contributed by atoms with van der Waals surface area (Å²) in [4.78, 5) is 0. The second-order valence-corrected chi connectivity index (χ2v) is 9.94. The standard InChI is InChI=1S/C14H22ClN3O2S/c1-14(2,3)18-12(16-17-13(18)21(15,19)20)8-11-7-9-4-5-10(11)6-9/h9-11H,4-8H2,1-3H3. The van der Waals surface area contributed by atoms with Crippen LogP contribution >= 0.6 is 10.7 Å². The van der Waals surface area contributed by atoms with E-state index in [1.807, 2.05) is 20.8 Å². The van der Waals surface area contributed by atoms with Gasteiger partial charge in [-0.3, -0.25) is 4.57 Å². The van der Waals surface area contributed by atoms with E-state index in [9.17, 15) is 8.42 Å². The summed E-state index contributed by atoms with van der Waals surface area (Å²) in [5.74, 6) is 3.00. The minimum Gasteiger partial charge on any atom is -0.295 e. The van der Waals surface area contributed by atoms with Crippen molar-refractivity contribution in [3.8, 4) is 0 Å². The van der Waals surface area contributed by atoms with Crippen LogP contribution in [0.3, 0.4) is 0 Å². The smallest absolute Gasteiger partial charge is 0.295 e. The molecule has 2 fully saturated rings. The van der Waals surface area contributed by atoms with Crippen LogP contribution in [0.15, 0.2) is 5.16 Å². The zero-order valence-corrected chi connectivity index (χ0v) is 14.3. The maximum Gasteiger partial charge on any atom is 0.296 e. The number of aromatic nitrogens is 3. The van der Waals surface area contributed by atoms with Crippen LogP contribution < -0.4 is 0 Å². The Morgan fingerprint density at radius 2 is 1.95 bits per heavy atom. The number of hydrogen-bond acceptors (Lipinski definition) is 4. The maximum atomic E-state index is 11.7. The highest BCUT2D eigenvalue weighted by Crippen LogP contribution is 2.49. The van der Waals surface area contributed by atoms with Gasteiger partial charge in [-0.1, -0.05) is 6.42 Å². The molecule has 118 valence electrons. The average Bonchev–Trinajstić information content (AvgIpc) is 2.99. The molecule has 2 aliphatic carbocycles. The third-order valence-corrected chi connectivity index (χ3v) is 6.03. The number of rotatable bonds is 3. The lowest BCUT2D eigenvalue weighted by Gasteiger charge is -2.26. The summed E-state index contributed by atoms with van der Waals surface area (Å²) in [7, 11) is 1.63. The quantitative estimate of drug-likeness (QED) is 0.799. The molecular formula is C14H22ClN3O2S. The molecule has 0 spiro atoms. The molecule has 5 nitrogen and oxygen atoms in total. The first-order valence-corrected chi connectivity index (χ1v) is 9.86. The van der Waals surface area contributed by atoms with E-state index >= 15 is 0 Å². The Labute approximate surface area is 130 Å². The van der Waals surface area contributed by atoms with E-state index in [4.69, 9.17) is 10.7 Å². The van der Waals surface area contributed by atoms with E-state index < -0.39 is 14.6 Å². The van der Waals surface area contributed by atoms with E-state index in [1.54, 1.807) is 4.57 Å². The van der Waals surface area contributed by atoms with Gasteiger partial charge < -0.3 is 0 Å². The zero-order chi connectivity index (χ0) is 15.4. The van der Waals surface area contributed by atoms with Crippen LogP contribution in [0.25, 0.3) is 0 Å². The van der Waals surface area contributed by atoms with Crippen LogP contribution in [0.4, 0.5) is 0 Å². The van der Waals surface area contributed by atoms with E-state index in [1.165, 1.54) is 25.7 Å². The van der Waals surface area contributed by atoms with Crippen molar-refractivity contribution in [3.63, 3.8) is 0 Å². The summed E-state index contributed by atoms with van der Waals surface area (Å²) >= 11 is 0. The molecular weight excluding hydrogens is 310 g/mol. The Morgan fingerprint density at radius 1 is 1.24 bits per heavy atom. The molecule has 1 aromatic heterocycles. The van der Waals surface area contributed by atoms with Crippen LogP contribution in [0.2, 0.25) is 0 Å². The van der Waals surface area contributed by atoms with Crippen LogP contribution in [0, 0.1) is 17.8 Å². The first-order chi connectivity index (χ1) is 9.66. The molecule has 0 aromatic carbocycles. The van der Waals surface area contributed by atoms with Gasteiger partial charge in [-0.15, -0.1) is 10.2 Å². The minimum atomic E-state index is -3.88. The Morgan fingerprint density at radius 3 is 2.43 bits per heavy atom. The molecule has 2 saturated carbocycles. The fourth-order valence-corrected chi connectivity index (χ4v) is 5.16. The Bertz CT molecular complexity index is 648. The van der Waals surface area contributed by atoms with Gasteiger partial charge >= 0.3 is 0 Å². The molecule has 0 N–H and O–H groups in total. The van der Waals surface area contributed by atoms with Crippen LogP contribution in [-0.4, -0.2) is 23.2 Å². The summed E-state index contributed by atoms with van der Waals surface area (Å²) < 4.78 is 25.1. The second-order valence-electron chi connectivity index (χ2n) is 7.48. The van der Waals surface area contributed by atoms with Gasteiger partial charge in [-0.05, 0) is 57.8 Å². The number of halogens is 1.